The number of carbonyl (C=O) groups excluding carboxylic acids is 1. The third-order valence-electron chi connectivity index (χ3n) is 2.08. The van der Waals surface area contributed by atoms with Gasteiger partial charge in [-0.05, 0) is 24.3 Å². The summed E-state index contributed by atoms with van der Waals surface area (Å²) in [5.74, 6) is 0.368. The van der Waals surface area contributed by atoms with Gasteiger partial charge < -0.3 is 11.5 Å². The van der Waals surface area contributed by atoms with Gasteiger partial charge in [0.05, 0.1) is 10.7 Å². The second-order valence-corrected chi connectivity index (χ2v) is 3.77. The highest BCUT2D eigenvalue weighted by Crippen LogP contribution is 2.23. The Labute approximate surface area is 102 Å². The van der Waals surface area contributed by atoms with Crippen LogP contribution in [0.5, 0.6) is 0 Å². The maximum atomic E-state index is 11.0. The van der Waals surface area contributed by atoms with E-state index in [0.717, 1.165) is 0 Å². The Morgan fingerprint density at radius 2 is 2.00 bits per heavy atom. The number of nitrogen functional groups attached to an aromatic ring is 2. The number of hydrogen-bond donors (Lipinski definition) is 2. The number of pyridine rings is 1. The first kappa shape index (κ1) is 11.3. The molecule has 1 aromatic heterocycles. The van der Waals surface area contributed by atoms with Crippen molar-refractivity contribution in [3.63, 3.8) is 0 Å². The second kappa shape index (κ2) is 4.39. The van der Waals surface area contributed by atoms with Gasteiger partial charge >= 0.3 is 0 Å². The van der Waals surface area contributed by atoms with Crippen molar-refractivity contribution < 1.29 is 4.79 Å². The Balaban J connectivity index is 2.40. The lowest BCUT2D eigenvalue weighted by molar-refractivity contribution is -0.110. The zero-order valence-corrected chi connectivity index (χ0v) is 9.48. The van der Waals surface area contributed by atoms with Crippen LogP contribution >= 0.6 is 11.6 Å². The summed E-state index contributed by atoms with van der Waals surface area (Å²) in [6, 6.07) is 3.23. The number of rotatable bonds is 1. The summed E-state index contributed by atoms with van der Waals surface area (Å²) in [4.78, 5) is 19.1. The SMILES string of the molecule is Nc1ccc(N=C2C=CC(=O)C=C2Cl)c(N)n1. The predicted octanol–water partition coefficient (Wildman–Crippen LogP) is 1.58. The minimum atomic E-state index is -0.169. The van der Waals surface area contributed by atoms with E-state index in [0.29, 0.717) is 17.2 Å². The van der Waals surface area contributed by atoms with E-state index in [1.54, 1.807) is 12.1 Å². The Morgan fingerprint density at radius 3 is 2.65 bits per heavy atom. The molecule has 1 heterocycles. The molecule has 2 rings (SSSR count). The Bertz CT molecular complexity index is 575. The third kappa shape index (κ3) is 2.51. The predicted molar refractivity (Wildman–Crippen MR) is 68.2 cm³/mol. The van der Waals surface area contributed by atoms with Crippen molar-refractivity contribution in [2.24, 2.45) is 4.99 Å². The van der Waals surface area contributed by atoms with Crippen LogP contribution in [0.1, 0.15) is 0 Å². The molecule has 17 heavy (non-hydrogen) atoms. The number of halogens is 1. The van der Waals surface area contributed by atoms with Gasteiger partial charge in [-0.2, -0.15) is 0 Å². The molecule has 0 aliphatic heterocycles. The molecule has 0 unspecified atom stereocenters. The van der Waals surface area contributed by atoms with Crippen LogP contribution in [0.3, 0.4) is 0 Å². The number of aliphatic imine (C=N–C) groups is 1. The molecule has 0 fully saturated rings. The van der Waals surface area contributed by atoms with E-state index in [-0.39, 0.29) is 16.6 Å². The molecule has 1 aliphatic rings. The highest BCUT2D eigenvalue weighted by molar-refractivity contribution is 6.48. The van der Waals surface area contributed by atoms with Crippen LogP contribution in [0.2, 0.25) is 0 Å². The average Bonchev–Trinajstić information content (AvgIpc) is 2.25. The Morgan fingerprint density at radius 1 is 1.24 bits per heavy atom. The molecule has 4 N–H and O–H groups in total. The maximum absolute atomic E-state index is 11.0. The Hall–Kier alpha value is -2.14. The summed E-state index contributed by atoms with van der Waals surface area (Å²) >= 11 is 5.88. The molecule has 0 saturated carbocycles. The molecule has 0 atom stereocenters. The van der Waals surface area contributed by atoms with Crippen molar-refractivity contribution >= 4 is 40.4 Å². The van der Waals surface area contributed by atoms with Crippen molar-refractivity contribution in [1.29, 1.82) is 0 Å². The summed E-state index contributed by atoms with van der Waals surface area (Å²) in [5.41, 5.74) is 12.1. The van der Waals surface area contributed by atoms with Crippen LogP contribution in [0.15, 0.2) is 40.4 Å². The number of carbonyl (C=O) groups is 1. The van der Waals surface area contributed by atoms with Gasteiger partial charge in [0.25, 0.3) is 0 Å². The van der Waals surface area contributed by atoms with Crippen LogP contribution in [-0.4, -0.2) is 16.5 Å². The number of ketones is 1. The number of nitrogens with zero attached hydrogens (tertiary/aromatic N) is 2. The number of nitrogens with two attached hydrogens (primary N) is 2. The highest BCUT2D eigenvalue weighted by Gasteiger charge is 2.10. The molecular weight excluding hydrogens is 240 g/mol. The van der Waals surface area contributed by atoms with E-state index in [2.05, 4.69) is 9.98 Å². The van der Waals surface area contributed by atoms with Gasteiger partial charge in [0.2, 0.25) is 0 Å². The lowest BCUT2D eigenvalue weighted by Gasteiger charge is -2.05. The summed E-state index contributed by atoms with van der Waals surface area (Å²) in [6.45, 7) is 0. The van der Waals surface area contributed by atoms with Crippen molar-refractivity contribution in [3.05, 3.63) is 35.4 Å². The lowest BCUT2D eigenvalue weighted by Crippen LogP contribution is -2.04. The smallest absolute Gasteiger partial charge is 0.180 e. The topological polar surface area (TPSA) is 94.4 Å². The first-order valence-electron chi connectivity index (χ1n) is 4.76. The molecule has 0 amide bonds. The molecule has 1 aromatic rings. The largest absolute Gasteiger partial charge is 0.384 e. The molecule has 0 bridgehead atoms. The van der Waals surface area contributed by atoms with Gasteiger partial charge in [-0.1, -0.05) is 11.6 Å². The van der Waals surface area contributed by atoms with Gasteiger partial charge in [0.15, 0.2) is 11.6 Å². The van der Waals surface area contributed by atoms with Crippen molar-refractivity contribution in [1.82, 2.24) is 4.98 Å². The molecule has 0 aromatic carbocycles. The molecule has 5 nitrogen and oxygen atoms in total. The van der Waals surface area contributed by atoms with E-state index in [1.165, 1.54) is 18.2 Å². The van der Waals surface area contributed by atoms with E-state index in [1.807, 2.05) is 0 Å². The van der Waals surface area contributed by atoms with E-state index >= 15 is 0 Å². The molecule has 0 radical (unpaired) electrons. The monoisotopic (exact) mass is 248 g/mol. The quantitative estimate of drug-likeness (QED) is 0.738. The molecule has 6 heteroatoms. The summed E-state index contributed by atoms with van der Waals surface area (Å²) in [6.07, 6.45) is 4.20. The Kier molecular flexibility index (Phi) is 2.93. The minimum Gasteiger partial charge on any atom is -0.384 e. The standard InChI is InChI=1S/C11H9ClN4O/c12-7-5-6(17)1-2-8(7)15-9-3-4-10(13)16-11(9)14/h1-5H,(H4,13,14,16). The van der Waals surface area contributed by atoms with Crippen molar-refractivity contribution in [3.8, 4) is 0 Å². The van der Waals surface area contributed by atoms with E-state index < -0.39 is 0 Å². The normalized spacial score (nSPS) is 17.4. The first-order valence-corrected chi connectivity index (χ1v) is 5.14. The van der Waals surface area contributed by atoms with Crippen LogP contribution < -0.4 is 11.5 Å². The average molecular weight is 249 g/mol. The van der Waals surface area contributed by atoms with Gasteiger partial charge in [0, 0.05) is 6.08 Å². The summed E-state index contributed by atoms with van der Waals surface area (Å²) < 4.78 is 0. The molecule has 0 spiro atoms. The number of allylic oxidation sites excluding steroid dienone is 4. The van der Waals surface area contributed by atoms with Crippen LogP contribution in [0, 0.1) is 0 Å². The fourth-order valence-electron chi connectivity index (χ4n) is 1.29. The number of anilines is 2. The summed E-state index contributed by atoms with van der Waals surface area (Å²) in [5, 5.41) is 0.272. The van der Waals surface area contributed by atoms with E-state index in [9.17, 15) is 4.79 Å². The van der Waals surface area contributed by atoms with Gasteiger partial charge in [-0.25, -0.2) is 9.98 Å². The van der Waals surface area contributed by atoms with Gasteiger partial charge in [0.1, 0.15) is 11.5 Å². The van der Waals surface area contributed by atoms with Crippen molar-refractivity contribution in [2.45, 2.75) is 0 Å². The molecule has 1 aliphatic carbocycles. The molecule has 0 saturated heterocycles. The zero-order valence-electron chi connectivity index (χ0n) is 8.72. The minimum absolute atomic E-state index is 0.169. The van der Waals surface area contributed by atoms with Gasteiger partial charge in [-0.3, -0.25) is 4.79 Å². The number of hydrogen-bond acceptors (Lipinski definition) is 5. The fraction of sp³-hybridized carbons (Fsp3) is 0. The van der Waals surface area contributed by atoms with Gasteiger partial charge in [-0.15, -0.1) is 0 Å². The maximum Gasteiger partial charge on any atom is 0.180 e. The molecule has 86 valence electrons. The lowest BCUT2D eigenvalue weighted by atomic mass is 10.1. The van der Waals surface area contributed by atoms with E-state index in [4.69, 9.17) is 23.1 Å². The van der Waals surface area contributed by atoms with Crippen LogP contribution in [0.25, 0.3) is 0 Å². The van der Waals surface area contributed by atoms with Crippen LogP contribution in [0.4, 0.5) is 17.3 Å². The van der Waals surface area contributed by atoms with Crippen molar-refractivity contribution in [2.75, 3.05) is 11.5 Å². The highest BCUT2D eigenvalue weighted by atomic mass is 35.5. The van der Waals surface area contributed by atoms with Crippen LogP contribution in [-0.2, 0) is 4.79 Å². The first-order chi connectivity index (χ1) is 8.06. The fourth-order valence-corrected chi connectivity index (χ4v) is 1.50. The summed E-state index contributed by atoms with van der Waals surface area (Å²) in [7, 11) is 0. The molecular formula is C11H9ClN4O. The second-order valence-electron chi connectivity index (χ2n) is 3.37. The number of aromatic nitrogens is 1. The third-order valence-corrected chi connectivity index (χ3v) is 2.39. The zero-order chi connectivity index (χ0) is 12.4.